The summed E-state index contributed by atoms with van der Waals surface area (Å²) in [7, 11) is 0. The molecule has 7 nitrogen and oxygen atoms in total. The number of anilines is 6. The number of halogens is 2. The van der Waals surface area contributed by atoms with E-state index in [-0.39, 0.29) is 0 Å². The molecule has 6 aromatic carbocycles. The van der Waals surface area contributed by atoms with Gasteiger partial charge in [-0.3, -0.25) is 4.98 Å². The lowest BCUT2D eigenvalue weighted by Crippen LogP contribution is -2.20. The molecule has 0 amide bonds. The molecule has 0 unspecified atom stereocenters. The largest absolute Gasteiger partial charge is 0.398 e. The van der Waals surface area contributed by atoms with Crippen molar-refractivity contribution < 1.29 is 8.78 Å². The molecule has 4 heterocycles. The lowest BCUT2D eigenvalue weighted by atomic mass is 10.0. The Hall–Kier alpha value is -6.61. The highest BCUT2D eigenvalue weighted by atomic mass is 19.2. The second-order valence-electron chi connectivity index (χ2n) is 17.5. The van der Waals surface area contributed by atoms with Crippen LogP contribution in [0.2, 0.25) is 0 Å². The van der Waals surface area contributed by atoms with E-state index in [4.69, 9.17) is 17.2 Å². The summed E-state index contributed by atoms with van der Waals surface area (Å²) in [5, 5.41) is 2.62. The van der Waals surface area contributed by atoms with Gasteiger partial charge in [0.05, 0.1) is 0 Å². The van der Waals surface area contributed by atoms with Gasteiger partial charge < -0.3 is 31.9 Å². The average molecular weight is 844 g/mol. The predicted octanol–water partition coefficient (Wildman–Crippen LogP) is 11.2. The van der Waals surface area contributed by atoms with Gasteiger partial charge in [0.15, 0.2) is 11.6 Å². The van der Waals surface area contributed by atoms with Crippen LogP contribution in [-0.2, 0) is 38.9 Å². The second-order valence-corrected chi connectivity index (χ2v) is 17.5. The summed E-state index contributed by atoms with van der Waals surface area (Å²) in [6.07, 6.45) is 6.84. The van der Waals surface area contributed by atoms with Gasteiger partial charge in [0.1, 0.15) is 0 Å². The second kappa shape index (κ2) is 18.0. The van der Waals surface area contributed by atoms with Crippen LogP contribution < -0.4 is 31.9 Å². The molecule has 10 rings (SSSR count). The van der Waals surface area contributed by atoms with Crippen LogP contribution in [0, 0.1) is 53.2 Å². The normalized spacial score (nSPS) is 13.6. The molecular weight excluding hydrogens is 785 g/mol. The van der Waals surface area contributed by atoms with Gasteiger partial charge in [0.2, 0.25) is 0 Å². The minimum atomic E-state index is -0.806. The minimum Gasteiger partial charge on any atom is -0.398 e. The number of hydrogen-bond donors (Lipinski definition) is 3. The molecule has 0 atom stereocenters. The van der Waals surface area contributed by atoms with Gasteiger partial charge in [-0.1, -0.05) is 42.5 Å². The fourth-order valence-corrected chi connectivity index (χ4v) is 9.57. The SMILES string of the molecule is Cc1cc2c(c(C)c1N)CCN2Cc1ccc(F)c(F)c1.Cc1cc2c(c(C)c1N)CCN2Cc1ccc2ccccc2c1.Cc1cc2c(c(C)c1N)CCN2Cc1ccncc1. The van der Waals surface area contributed by atoms with E-state index in [1.165, 1.54) is 84.4 Å². The van der Waals surface area contributed by atoms with E-state index in [9.17, 15) is 8.78 Å². The molecule has 0 fully saturated rings. The molecule has 0 bridgehead atoms. The Morgan fingerprint density at radius 2 is 0.873 bits per heavy atom. The van der Waals surface area contributed by atoms with E-state index in [1.807, 2.05) is 26.2 Å². The zero-order chi connectivity index (χ0) is 44.5. The van der Waals surface area contributed by atoms with Crippen LogP contribution in [0.3, 0.4) is 0 Å². The Morgan fingerprint density at radius 3 is 1.33 bits per heavy atom. The molecule has 9 heteroatoms. The maximum absolute atomic E-state index is 13.3. The molecule has 7 aromatic rings. The third kappa shape index (κ3) is 8.87. The zero-order valence-corrected chi connectivity index (χ0v) is 37.5. The molecule has 1 aromatic heterocycles. The van der Waals surface area contributed by atoms with Crippen LogP contribution in [0.5, 0.6) is 0 Å². The minimum absolute atomic E-state index is 0.576. The number of nitrogens with zero attached hydrogens (tertiary/aromatic N) is 4. The average Bonchev–Trinajstić information content (AvgIpc) is 4.00. The van der Waals surface area contributed by atoms with Crippen LogP contribution in [-0.4, -0.2) is 24.6 Å². The highest BCUT2D eigenvalue weighted by Gasteiger charge is 2.25. The van der Waals surface area contributed by atoms with Crippen molar-refractivity contribution in [3.63, 3.8) is 0 Å². The van der Waals surface area contributed by atoms with Crippen molar-refractivity contribution in [2.45, 2.75) is 80.4 Å². The Kier molecular flexibility index (Phi) is 12.3. The topological polar surface area (TPSA) is 101 Å². The van der Waals surface area contributed by atoms with Gasteiger partial charge in [0.25, 0.3) is 0 Å². The van der Waals surface area contributed by atoms with Crippen molar-refractivity contribution in [2.75, 3.05) is 51.5 Å². The monoisotopic (exact) mass is 843 g/mol. The zero-order valence-electron chi connectivity index (χ0n) is 37.5. The summed E-state index contributed by atoms with van der Waals surface area (Å²) in [6.45, 7) is 18.0. The van der Waals surface area contributed by atoms with Crippen LogP contribution in [0.1, 0.15) is 66.8 Å². The third-order valence-electron chi connectivity index (χ3n) is 13.4. The van der Waals surface area contributed by atoms with Gasteiger partial charge in [-0.25, -0.2) is 8.78 Å². The third-order valence-corrected chi connectivity index (χ3v) is 13.4. The van der Waals surface area contributed by atoms with Crippen molar-refractivity contribution >= 4 is 44.9 Å². The van der Waals surface area contributed by atoms with E-state index < -0.39 is 11.6 Å². The van der Waals surface area contributed by atoms with Crippen molar-refractivity contribution in [1.82, 2.24) is 4.98 Å². The maximum atomic E-state index is 13.3. The van der Waals surface area contributed by atoms with Crippen molar-refractivity contribution in [2.24, 2.45) is 0 Å². The standard InChI is InChI=1S/C21H22N2.C17H18F2N2.C16H19N3/c1-14-11-20-19(15(2)21(14)22)9-10-23(20)13-16-7-8-17-5-3-4-6-18(17)12-16;1-10-7-16-13(11(2)17(10)20)5-6-21(16)9-12-3-4-14(18)15(19)8-12;1-11-9-15-14(12(2)16(11)17)5-8-19(15)10-13-3-6-18-7-4-13/h3-8,11-12H,9-10,13,22H2,1-2H3;3-4,7-8H,5-6,9,20H2,1-2H3;3-4,6-7,9H,5,8,10,17H2,1-2H3. The van der Waals surface area contributed by atoms with Gasteiger partial charge in [0, 0.05) is 85.8 Å². The van der Waals surface area contributed by atoms with Gasteiger partial charge in [-0.2, -0.15) is 0 Å². The van der Waals surface area contributed by atoms with Crippen molar-refractivity contribution in [3.8, 4) is 0 Å². The van der Waals surface area contributed by atoms with E-state index in [0.717, 1.165) is 91.4 Å². The molecule has 3 aliphatic rings. The molecule has 0 spiro atoms. The van der Waals surface area contributed by atoms with E-state index in [0.29, 0.717) is 6.54 Å². The number of pyridine rings is 1. The summed E-state index contributed by atoms with van der Waals surface area (Å²) < 4.78 is 26.3. The molecular formula is C54H59F2N7. The van der Waals surface area contributed by atoms with Crippen molar-refractivity contribution in [3.05, 3.63) is 182 Å². The van der Waals surface area contributed by atoms with E-state index in [1.54, 1.807) is 6.07 Å². The molecule has 3 aliphatic heterocycles. The number of benzene rings is 6. The van der Waals surface area contributed by atoms with E-state index in [2.05, 4.69) is 120 Å². The fourth-order valence-electron chi connectivity index (χ4n) is 9.57. The number of aryl methyl sites for hydroxylation is 3. The molecule has 324 valence electrons. The first-order valence-corrected chi connectivity index (χ1v) is 22.0. The van der Waals surface area contributed by atoms with Crippen LogP contribution in [0.4, 0.5) is 42.9 Å². The van der Waals surface area contributed by atoms with Gasteiger partial charge >= 0.3 is 0 Å². The van der Waals surface area contributed by atoms with Crippen LogP contribution >= 0.6 is 0 Å². The molecule has 0 saturated heterocycles. The quantitative estimate of drug-likeness (QED) is 0.143. The molecule has 63 heavy (non-hydrogen) atoms. The molecule has 0 radical (unpaired) electrons. The fraction of sp³-hybridized carbons (Fsp3) is 0.278. The number of aromatic nitrogens is 1. The Balaban J connectivity index is 0.000000130. The summed E-state index contributed by atoms with van der Waals surface area (Å²) >= 11 is 0. The first kappa shape index (κ1) is 43.1. The molecule has 0 saturated carbocycles. The Bertz CT molecular complexity index is 2820. The Morgan fingerprint density at radius 1 is 0.460 bits per heavy atom. The van der Waals surface area contributed by atoms with Crippen LogP contribution in [0.25, 0.3) is 10.8 Å². The lowest BCUT2D eigenvalue weighted by Gasteiger charge is -2.21. The first-order chi connectivity index (χ1) is 30.3. The van der Waals surface area contributed by atoms with Gasteiger partial charge in [-0.05, 0) is 187 Å². The Labute approximate surface area is 371 Å². The summed E-state index contributed by atoms with van der Waals surface area (Å²) in [5.41, 5.74) is 39.6. The number of fused-ring (bicyclic) bond motifs is 4. The van der Waals surface area contributed by atoms with Crippen LogP contribution in [0.15, 0.2) is 103 Å². The first-order valence-electron chi connectivity index (χ1n) is 22.0. The lowest BCUT2D eigenvalue weighted by molar-refractivity contribution is 0.507. The molecule has 6 N–H and O–H groups in total. The highest BCUT2D eigenvalue weighted by molar-refractivity contribution is 5.83. The summed E-state index contributed by atoms with van der Waals surface area (Å²) in [5.74, 6) is -1.60. The number of hydrogen-bond acceptors (Lipinski definition) is 7. The van der Waals surface area contributed by atoms with Gasteiger partial charge in [-0.15, -0.1) is 0 Å². The maximum Gasteiger partial charge on any atom is 0.159 e. The number of nitrogen functional groups attached to an aromatic ring is 3. The number of nitrogens with two attached hydrogens (primary N) is 3. The molecule has 0 aliphatic carbocycles. The number of rotatable bonds is 6. The predicted molar refractivity (Wildman–Crippen MR) is 260 cm³/mol. The van der Waals surface area contributed by atoms with Crippen molar-refractivity contribution in [1.29, 1.82) is 0 Å². The smallest absolute Gasteiger partial charge is 0.159 e. The van der Waals surface area contributed by atoms with E-state index >= 15 is 0 Å². The highest BCUT2D eigenvalue weighted by Crippen LogP contribution is 2.39. The summed E-state index contributed by atoms with van der Waals surface area (Å²) in [6, 6.07) is 30.1. The summed E-state index contributed by atoms with van der Waals surface area (Å²) in [4.78, 5) is 11.2.